The van der Waals surface area contributed by atoms with Crippen LogP contribution in [-0.2, 0) is 32.8 Å². The van der Waals surface area contributed by atoms with Crippen LogP contribution in [0.2, 0.25) is 0 Å². The molecule has 39 heavy (non-hydrogen) atoms. The molecule has 210 valence electrons. The van der Waals surface area contributed by atoms with Crippen molar-refractivity contribution in [2.75, 3.05) is 38.7 Å². The third kappa shape index (κ3) is 5.77. The Bertz CT molecular complexity index is 1540. The first-order valence-corrected chi connectivity index (χ1v) is 15.5. The van der Waals surface area contributed by atoms with E-state index in [1.165, 1.54) is 18.2 Å². The predicted octanol–water partition coefficient (Wildman–Crippen LogP) is 3.88. The third-order valence-corrected chi connectivity index (χ3v) is 11.4. The number of fused-ring (bicyclic) bond motifs is 2. The summed E-state index contributed by atoms with van der Waals surface area (Å²) in [5, 5.41) is -1.10. The summed E-state index contributed by atoms with van der Waals surface area (Å²) in [4.78, 5) is 4.94. The van der Waals surface area contributed by atoms with E-state index in [0.29, 0.717) is 12.1 Å². The van der Waals surface area contributed by atoms with E-state index < -0.39 is 30.7 Å². The predicted molar refractivity (Wildman–Crippen MR) is 152 cm³/mol. The van der Waals surface area contributed by atoms with Gasteiger partial charge < -0.3 is 9.47 Å². The number of hydrogen-bond donors (Lipinski definition) is 0. The summed E-state index contributed by atoms with van der Waals surface area (Å²) in [6.45, 7) is 4.89. The van der Waals surface area contributed by atoms with Gasteiger partial charge in [0.15, 0.2) is 31.2 Å². The van der Waals surface area contributed by atoms with E-state index in [1.807, 2.05) is 18.2 Å². The summed E-state index contributed by atoms with van der Waals surface area (Å²) < 4.78 is 63.9. The quantitative estimate of drug-likeness (QED) is 0.414. The van der Waals surface area contributed by atoms with Crippen LogP contribution < -0.4 is 9.47 Å². The molecule has 1 atom stereocenters. The first-order valence-electron chi connectivity index (χ1n) is 12.3. The van der Waals surface area contributed by atoms with Crippen LogP contribution >= 0.6 is 24.8 Å². The average molecular weight is 614 g/mol. The first-order chi connectivity index (χ1) is 17.8. The molecule has 8 nitrogen and oxygen atoms in total. The van der Waals surface area contributed by atoms with Gasteiger partial charge in [-0.3, -0.25) is 9.80 Å². The fraction of sp³-hybridized carbons (Fsp3) is 0.333. The number of piperazine rings is 1. The molecule has 3 aliphatic rings. The Labute approximate surface area is 241 Å². The molecule has 3 aromatic carbocycles. The molecular weight excluding hydrogens is 583 g/mol. The molecule has 3 aromatic rings. The van der Waals surface area contributed by atoms with Gasteiger partial charge in [0.05, 0.1) is 15.5 Å². The van der Waals surface area contributed by atoms with Gasteiger partial charge in [-0.2, -0.15) is 0 Å². The minimum atomic E-state index is -3.86. The molecule has 0 spiro atoms. The normalized spacial score (nSPS) is 20.1. The van der Waals surface area contributed by atoms with Crippen LogP contribution in [0.1, 0.15) is 21.9 Å². The minimum absolute atomic E-state index is 0. The Balaban J connectivity index is 0.00000176. The maximum atomic E-state index is 13.5. The van der Waals surface area contributed by atoms with Gasteiger partial charge in [0.25, 0.3) is 0 Å². The van der Waals surface area contributed by atoms with Gasteiger partial charge in [-0.25, -0.2) is 16.8 Å². The second-order valence-electron chi connectivity index (χ2n) is 9.70. The maximum absolute atomic E-state index is 13.5. The fourth-order valence-corrected chi connectivity index (χ4v) is 9.82. The summed E-state index contributed by atoms with van der Waals surface area (Å²) in [5.41, 5.74) is 2.37. The van der Waals surface area contributed by atoms with Crippen LogP contribution in [0, 0.1) is 0 Å². The largest absolute Gasteiger partial charge is 0.454 e. The summed E-state index contributed by atoms with van der Waals surface area (Å²) in [5.74, 6) is 1.14. The van der Waals surface area contributed by atoms with Crippen molar-refractivity contribution in [1.29, 1.82) is 0 Å². The van der Waals surface area contributed by atoms with E-state index in [9.17, 15) is 16.8 Å². The third-order valence-electron chi connectivity index (χ3n) is 7.33. The minimum Gasteiger partial charge on any atom is -0.454 e. The molecule has 1 saturated heterocycles. The van der Waals surface area contributed by atoms with Crippen molar-refractivity contribution in [3.63, 3.8) is 0 Å². The fourth-order valence-electron chi connectivity index (χ4n) is 5.40. The van der Waals surface area contributed by atoms with Crippen molar-refractivity contribution in [1.82, 2.24) is 9.80 Å². The molecule has 0 aromatic heterocycles. The van der Waals surface area contributed by atoms with E-state index in [-0.39, 0.29) is 41.4 Å². The number of halogens is 2. The number of sulfone groups is 2. The molecule has 3 aliphatic heterocycles. The van der Waals surface area contributed by atoms with Gasteiger partial charge in [-0.15, -0.1) is 24.8 Å². The average Bonchev–Trinajstić information content (AvgIpc) is 3.48. The monoisotopic (exact) mass is 612 g/mol. The highest BCUT2D eigenvalue weighted by Gasteiger charge is 2.44. The molecule has 0 N–H and O–H groups in total. The summed E-state index contributed by atoms with van der Waals surface area (Å²) >= 11 is 0. The van der Waals surface area contributed by atoms with Crippen LogP contribution in [0.4, 0.5) is 0 Å². The number of rotatable bonds is 6. The first kappa shape index (κ1) is 29.6. The zero-order chi connectivity index (χ0) is 25.6. The van der Waals surface area contributed by atoms with Crippen molar-refractivity contribution in [3.05, 3.63) is 83.4 Å². The van der Waals surface area contributed by atoms with Gasteiger partial charge in [0, 0.05) is 39.3 Å². The molecule has 0 saturated carbocycles. The molecular formula is C27H30Cl2N2O6S2. The molecule has 0 amide bonds. The van der Waals surface area contributed by atoms with Crippen LogP contribution in [-0.4, -0.2) is 65.4 Å². The number of ether oxygens (including phenoxy) is 2. The molecule has 12 heteroatoms. The highest BCUT2D eigenvalue weighted by atomic mass is 35.5. The Hall–Kier alpha value is -2.34. The van der Waals surface area contributed by atoms with E-state index >= 15 is 0 Å². The second kappa shape index (κ2) is 11.6. The number of nitrogens with zero attached hydrogens (tertiary/aromatic N) is 2. The smallest absolute Gasteiger partial charge is 0.231 e. The molecule has 3 heterocycles. The van der Waals surface area contributed by atoms with Gasteiger partial charge in [0.2, 0.25) is 6.79 Å². The Kier molecular flexibility index (Phi) is 8.85. The molecule has 0 aliphatic carbocycles. The summed E-state index contributed by atoms with van der Waals surface area (Å²) in [6.07, 6.45) is 0. The zero-order valence-electron chi connectivity index (χ0n) is 21.1. The molecule has 1 fully saturated rings. The van der Waals surface area contributed by atoms with Crippen LogP contribution in [0.5, 0.6) is 11.5 Å². The highest BCUT2D eigenvalue weighted by molar-refractivity contribution is 7.96. The van der Waals surface area contributed by atoms with Crippen molar-refractivity contribution in [3.8, 4) is 11.5 Å². The molecule has 0 radical (unpaired) electrons. The second-order valence-corrected chi connectivity index (χ2v) is 13.8. The lowest BCUT2D eigenvalue weighted by molar-refractivity contribution is 0.121. The lowest BCUT2D eigenvalue weighted by Crippen LogP contribution is -2.45. The molecule has 1 unspecified atom stereocenters. The Morgan fingerprint density at radius 2 is 1.46 bits per heavy atom. The lowest BCUT2D eigenvalue weighted by Gasteiger charge is -2.35. The van der Waals surface area contributed by atoms with Gasteiger partial charge in [0.1, 0.15) is 5.25 Å². The van der Waals surface area contributed by atoms with Crippen molar-refractivity contribution >= 4 is 44.5 Å². The number of benzene rings is 3. The van der Waals surface area contributed by atoms with Crippen LogP contribution in [0.15, 0.2) is 76.5 Å². The van der Waals surface area contributed by atoms with Crippen molar-refractivity contribution in [2.24, 2.45) is 0 Å². The van der Waals surface area contributed by atoms with Crippen LogP contribution in [0.25, 0.3) is 0 Å². The zero-order valence-corrected chi connectivity index (χ0v) is 24.3. The van der Waals surface area contributed by atoms with Gasteiger partial charge in [-0.05, 0) is 47.0 Å². The molecule has 0 bridgehead atoms. The van der Waals surface area contributed by atoms with E-state index in [4.69, 9.17) is 9.47 Å². The highest BCUT2D eigenvalue weighted by Crippen LogP contribution is 2.43. The number of hydrogen-bond acceptors (Lipinski definition) is 8. The van der Waals surface area contributed by atoms with E-state index in [1.54, 1.807) is 24.3 Å². The topological polar surface area (TPSA) is 93.2 Å². The van der Waals surface area contributed by atoms with Crippen molar-refractivity contribution in [2.45, 2.75) is 28.1 Å². The van der Waals surface area contributed by atoms with Crippen LogP contribution in [0.3, 0.4) is 0 Å². The standard InChI is InChI=1S/C27H28N2O6S2.2ClH/c30-36(31)18-26(37(32,33)22-6-2-1-3-7-22)27-21(5-4-8-25(27)36)17-29-13-11-28(12-14-29)16-20-9-10-23-24(15-20)35-19-34-23;;/h1-10,15,26H,11-14,16-19H2;2*1H. The Morgan fingerprint density at radius 3 is 2.18 bits per heavy atom. The Morgan fingerprint density at radius 1 is 0.795 bits per heavy atom. The molecule has 6 rings (SSSR count). The van der Waals surface area contributed by atoms with E-state index in [2.05, 4.69) is 15.9 Å². The van der Waals surface area contributed by atoms with E-state index in [0.717, 1.165) is 55.3 Å². The lowest BCUT2D eigenvalue weighted by atomic mass is 10.0. The van der Waals surface area contributed by atoms with Crippen molar-refractivity contribution < 1.29 is 26.3 Å². The maximum Gasteiger partial charge on any atom is 0.231 e. The van der Waals surface area contributed by atoms with Gasteiger partial charge in [-0.1, -0.05) is 36.4 Å². The SMILES string of the molecule is Cl.Cl.O=S1(=O)CC(S(=O)(=O)c2ccccc2)c2c(CN3CCN(Cc4ccc5c(c4)OCO5)CC3)cccc21. The summed E-state index contributed by atoms with van der Waals surface area (Å²) in [6, 6.07) is 19.3. The summed E-state index contributed by atoms with van der Waals surface area (Å²) in [7, 11) is -7.54. The van der Waals surface area contributed by atoms with Gasteiger partial charge >= 0.3 is 0 Å².